The van der Waals surface area contributed by atoms with Gasteiger partial charge >= 0.3 is 0 Å². The Labute approximate surface area is 114 Å². The molecule has 4 N–H and O–H groups in total. The third-order valence-electron chi connectivity index (χ3n) is 3.69. The highest BCUT2D eigenvalue weighted by molar-refractivity contribution is 5.46. The van der Waals surface area contributed by atoms with E-state index in [4.69, 9.17) is 16.2 Å². The number of nitrogens with two attached hydrogens (primary N) is 2. The van der Waals surface area contributed by atoms with Gasteiger partial charge in [0.2, 0.25) is 0 Å². The summed E-state index contributed by atoms with van der Waals surface area (Å²) in [7, 11) is 0. The lowest BCUT2D eigenvalue weighted by Gasteiger charge is -2.36. The molecule has 0 saturated carbocycles. The normalized spacial score (nSPS) is 22.4. The van der Waals surface area contributed by atoms with E-state index >= 15 is 0 Å². The highest BCUT2D eigenvalue weighted by Crippen LogP contribution is 2.26. The zero-order valence-electron chi connectivity index (χ0n) is 11.8. The van der Waals surface area contributed by atoms with Crippen molar-refractivity contribution >= 4 is 5.82 Å². The Bertz CT molecular complexity index is 402. The van der Waals surface area contributed by atoms with Gasteiger partial charge in [0.1, 0.15) is 5.82 Å². The Kier molecular flexibility index (Phi) is 4.74. The van der Waals surface area contributed by atoms with E-state index in [2.05, 4.69) is 16.8 Å². The van der Waals surface area contributed by atoms with Gasteiger partial charge in [-0.3, -0.25) is 4.90 Å². The lowest BCUT2D eigenvalue weighted by molar-refractivity contribution is -0.0408. The summed E-state index contributed by atoms with van der Waals surface area (Å²) in [6.07, 6.45) is 2.85. The number of hydrogen-bond donors (Lipinski definition) is 2. The predicted octanol–water partition coefficient (Wildman–Crippen LogP) is 1.08. The summed E-state index contributed by atoms with van der Waals surface area (Å²) >= 11 is 0. The van der Waals surface area contributed by atoms with Crippen molar-refractivity contribution < 1.29 is 4.74 Å². The predicted molar refractivity (Wildman–Crippen MR) is 76.8 cm³/mol. The highest BCUT2D eigenvalue weighted by Gasteiger charge is 2.28. The first-order chi connectivity index (χ1) is 9.13. The number of aromatic nitrogens is 1. The van der Waals surface area contributed by atoms with Crippen molar-refractivity contribution in [3.05, 3.63) is 23.4 Å². The number of ether oxygens (including phenoxy) is 1. The zero-order chi connectivity index (χ0) is 13.8. The maximum absolute atomic E-state index is 6.36. The number of anilines is 1. The highest BCUT2D eigenvalue weighted by atomic mass is 16.5. The van der Waals surface area contributed by atoms with Gasteiger partial charge in [0.15, 0.2) is 0 Å². The molecule has 1 aliphatic rings. The molecular formula is C14H24N4O. The Morgan fingerprint density at radius 3 is 3.05 bits per heavy atom. The standard InChI is InChI=1S/C14H24N4O/c1-3-6-18-7-8-19-11(9-18)13(15)12-10(2)4-5-17-14(12)16/h4-5,11,13H,3,6-9,15H2,1-2H3,(H2,16,17). The first-order valence-corrected chi connectivity index (χ1v) is 6.94. The van der Waals surface area contributed by atoms with Crippen molar-refractivity contribution in [1.82, 2.24) is 9.88 Å². The lowest BCUT2D eigenvalue weighted by Crippen LogP contribution is -2.47. The third-order valence-corrected chi connectivity index (χ3v) is 3.69. The van der Waals surface area contributed by atoms with Crippen LogP contribution in [0.5, 0.6) is 0 Å². The molecular weight excluding hydrogens is 240 g/mol. The number of morpholine rings is 1. The Morgan fingerprint density at radius 1 is 1.58 bits per heavy atom. The molecule has 1 saturated heterocycles. The third kappa shape index (κ3) is 3.23. The van der Waals surface area contributed by atoms with Gasteiger partial charge in [-0.1, -0.05) is 6.92 Å². The maximum Gasteiger partial charge on any atom is 0.128 e. The van der Waals surface area contributed by atoms with Crippen molar-refractivity contribution in [2.24, 2.45) is 5.73 Å². The minimum absolute atomic E-state index is 0.00880. The smallest absolute Gasteiger partial charge is 0.128 e. The summed E-state index contributed by atoms with van der Waals surface area (Å²) in [5, 5.41) is 0. The van der Waals surface area contributed by atoms with Crippen LogP contribution in [0, 0.1) is 6.92 Å². The van der Waals surface area contributed by atoms with Gasteiger partial charge in [-0.05, 0) is 31.5 Å². The Hall–Kier alpha value is -1.17. The Morgan fingerprint density at radius 2 is 2.37 bits per heavy atom. The number of pyridine rings is 1. The van der Waals surface area contributed by atoms with E-state index in [1.807, 2.05) is 13.0 Å². The van der Waals surface area contributed by atoms with Gasteiger partial charge in [-0.2, -0.15) is 0 Å². The summed E-state index contributed by atoms with van der Waals surface area (Å²) in [5.74, 6) is 0.517. The molecule has 0 bridgehead atoms. The van der Waals surface area contributed by atoms with Crippen LogP contribution in [0.15, 0.2) is 12.3 Å². The minimum Gasteiger partial charge on any atom is -0.383 e. The van der Waals surface area contributed by atoms with E-state index in [9.17, 15) is 0 Å². The minimum atomic E-state index is -0.214. The van der Waals surface area contributed by atoms with E-state index in [1.54, 1.807) is 6.20 Å². The molecule has 106 valence electrons. The van der Waals surface area contributed by atoms with Gasteiger partial charge in [0.05, 0.1) is 18.8 Å². The van der Waals surface area contributed by atoms with Crippen LogP contribution in [0.4, 0.5) is 5.82 Å². The molecule has 1 aromatic rings. The second-order valence-electron chi connectivity index (χ2n) is 5.16. The average molecular weight is 264 g/mol. The maximum atomic E-state index is 6.36. The van der Waals surface area contributed by atoms with Gasteiger partial charge in [0.25, 0.3) is 0 Å². The molecule has 1 aliphatic heterocycles. The fourth-order valence-corrected chi connectivity index (χ4v) is 2.68. The van der Waals surface area contributed by atoms with Crippen LogP contribution in [-0.4, -0.2) is 42.2 Å². The molecule has 2 heterocycles. The molecule has 0 amide bonds. The van der Waals surface area contributed by atoms with Gasteiger partial charge in [0, 0.05) is 24.8 Å². The molecule has 0 aromatic carbocycles. The van der Waals surface area contributed by atoms with E-state index in [1.165, 1.54) is 0 Å². The first-order valence-electron chi connectivity index (χ1n) is 6.94. The molecule has 19 heavy (non-hydrogen) atoms. The van der Waals surface area contributed by atoms with E-state index in [-0.39, 0.29) is 12.1 Å². The van der Waals surface area contributed by atoms with Gasteiger partial charge in [-0.25, -0.2) is 4.98 Å². The fourth-order valence-electron chi connectivity index (χ4n) is 2.68. The lowest BCUT2D eigenvalue weighted by atomic mass is 9.97. The van der Waals surface area contributed by atoms with Crippen molar-refractivity contribution in [1.29, 1.82) is 0 Å². The summed E-state index contributed by atoms with van der Waals surface area (Å²) in [4.78, 5) is 6.54. The summed E-state index contributed by atoms with van der Waals surface area (Å²) in [5.41, 5.74) is 14.3. The van der Waals surface area contributed by atoms with Crippen LogP contribution in [-0.2, 0) is 4.74 Å². The monoisotopic (exact) mass is 264 g/mol. The molecule has 0 aliphatic carbocycles. The molecule has 2 atom stereocenters. The summed E-state index contributed by atoms with van der Waals surface area (Å²) in [6.45, 7) is 7.88. The molecule has 2 unspecified atom stereocenters. The number of rotatable bonds is 4. The van der Waals surface area contributed by atoms with Crippen molar-refractivity contribution in [3.63, 3.8) is 0 Å². The van der Waals surface area contributed by atoms with Crippen molar-refractivity contribution in [2.45, 2.75) is 32.4 Å². The Balaban J connectivity index is 2.12. The van der Waals surface area contributed by atoms with Crippen molar-refractivity contribution in [3.8, 4) is 0 Å². The summed E-state index contributed by atoms with van der Waals surface area (Å²) < 4.78 is 5.83. The van der Waals surface area contributed by atoms with Crippen LogP contribution < -0.4 is 11.5 Å². The molecule has 0 radical (unpaired) electrons. The van der Waals surface area contributed by atoms with E-state index in [0.29, 0.717) is 5.82 Å². The zero-order valence-corrected chi connectivity index (χ0v) is 11.8. The van der Waals surface area contributed by atoms with E-state index in [0.717, 1.165) is 43.8 Å². The summed E-state index contributed by atoms with van der Waals surface area (Å²) in [6, 6.07) is 1.73. The largest absolute Gasteiger partial charge is 0.383 e. The molecule has 5 nitrogen and oxygen atoms in total. The van der Waals surface area contributed by atoms with Crippen LogP contribution in [0.3, 0.4) is 0 Å². The van der Waals surface area contributed by atoms with Crippen LogP contribution in [0.2, 0.25) is 0 Å². The number of hydrogen-bond acceptors (Lipinski definition) is 5. The molecule has 1 fully saturated rings. The van der Waals surface area contributed by atoms with Gasteiger partial charge < -0.3 is 16.2 Å². The van der Waals surface area contributed by atoms with Crippen molar-refractivity contribution in [2.75, 3.05) is 32.0 Å². The van der Waals surface area contributed by atoms with Crippen LogP contribution in [0.1, 0.15) is 30.5 Å². The van der Waals surface area contributed by atoms with Gasteiger partial charge in [-0.15, -0.1) is 0 Å². The number of aryl methyl sites for hydroxylation is 1. The fraction of sp³-hybridized carbons (Fsp3) is 0.643. The molecule has 0 spiro atoms. The topological polar surface area (TPSA) is 77.4 Å². The second kappa shape index (κ2) is 6.32. The quantitative estimate of drug-likeness (QED) is 0.851. The van der Waals surface area contributed by atoms with E-state index < -0.39 is 0 Å². The molecule has 5 heteroatoms. The van der Waals surface area contributed by atoms with Crippen LogP contribution >= 0.6 is 0 Å². The molecule has 1 aromatic heterocycles. The average Bonchev–Trinajstić information content (AvgIpc) is 2.39. The first kappa shape index (κ1) is 14.2. The second-order valence-corrected chi connectivity index (χ2v) is 5.16. The number of nitrogens with zero attached hydrogens (tertiary/aromatic N) is 2. The SMILES string of the molecule is CCCN1CCOC(C(N)c2c(C)ccnc2N)C1. The van der Waals surface area contributed by atoms with Crippen LogP contribution in [0.25, 0.3) is 0 Å². The number of nitrogen functional groups attached to an aromatic ring is 1. The molecule has 2 rings (SSSR count).